The lowest BCUT2D eigenvalue weighted by atomic mass is 9.85. The largest absolute Gasteiger partial charge is 0.480 e. The fourth-order valence-corrected chi connectivity index (χ4v) is 4.13. The summed E-state index contributed by atoms with van der Waals surface area (Å²) >= 11 is 1.97. The average molecular weight is 273 g/mol. The summed E-state index contributed by atoms with van der Waals surface area (Å²) in [6.45, 7) is 4.49. The number of thioether (sulfide) groups is 1. The molecule has 0 spiro atoms. The topological polar surface area (TPSA) is 49.3 Å². The molecule has 0 bridgehead atoms. The van der Waals surface area contributed by atoms with Gasteiger partial charge in [0.2, 0.25) is 0 Å². The van der Waals surface area contributed by atoms with E-state index in [1.807, 2.05) is 11.8 Å². The predicted molar refractivity (Wildman–Crippen MR) is 78.2 cm³/mol. The molecule has 0 heterocycles. The van der Waals surface area contributed by atoms with Crippen LogP contribution >= 0.6 is 11.8 Å². The molecule has 0 aromatic carbocycles. The van der Waals surface area contributed by atoms with Crippen molar-refractivity contribution in [1.82, 2.24) is 5.32 Å². The van der Waals surface area contributed by atoms with Gasteiger partial charge in [0.25, 0.3) is 0 Å². The third-order valence-corrected chi connectivity index (χ3v) is 5.15. The Morgan fingerprint density at radius 2 is 2.22 bits per heavy atom. The normalized spacial score (nSPS) is 27.9. The third-order valence-electron chi connectivity index (χ3n) is 4.10. The van der Waals surface area contributed by atoms with E-state index in [2.05, 4.69) is 19.2 Å². The van der Waals surface area contributed by atoms with E-state index in [1.54, 1.807) is 7.05 Å². The van der Waals surface area contributed by atoms with Gasteiger partial charge in [-0.3, -0.25) is 4.79 Å². The minimum atomic E-state index is -0.667. The highest BCUT2D eigenvalue weighted by Gasteiger charge is 2.47. The van der Waals surface area contributed by atoms with E-state index in [0.717, 1.165) is 37.4 Å². The summed E-state index contributed by atoms with van der Waals surface area (Å²) in [4.78, 5) is 11.5. The van der Waals surface area contributed by atoms with Crippen LogP contribution in [0.3, 0.4) is 0 Å². The van der Waals surface area contributed by atoms with Crippen molar-refractivity contribution in [2.24, 2.45) is 11.8 Å². The van der Waals surface area contributed by atoms with Crippen LogP contribution in [0.4, 0.5) is 0 Å². The molecular formula is C14H27NO2S. The van der Waals surface area contributed by atoms with Gasteiger partial charge in [0, 0.05) is 0 Å². The molecule has 0 aliphatic heterocycles. The highest BCUT2D eigenvalue weighted by Crippen LogP contribution is 2.38. The molecule has 2 atom stereocenters. The second kappa shape index (κ2) is 7.39. The molecule has 2 N–H and O–H groups in total. The Bertz CT molecular complexity index is 271. The smallest absolute Gasteiger partial charge is 0.324 e. The fourth-order valence-electron chi connectivity index (χ4n) is 2.83. The van der Waals surface area contributed by atoms with Gasteiger partial charge in [-0.15, -0.1) is 0 Å². The first-order chi connectivity index (χ1) is 8.53. The molecule has 0 aromatic heterocycles. The average Bonchev–Trinajstić information content (AvgIpc) is 2.72. The lowest BCUT2D eigenvalue weighted by molar-refractivity contribution is -0.146. The van der Waals surface area contributed by atoms with Crippen LogP contribution in [0.2, 0.25) is 0 Å². The van der Waals surface area contributed by atoms with Gasteiger partial charge in [0.1, 0.15) is 5.54 Å². The summed E-state index contributed by atoms with van der Waals surface area (Å²) in [5, 5.41) is 12.5. The predicted octanol–water partition coefficient (Wildman–Crippen LogP) is 3.00. The fraction of sp³-hybridized carbons (Fsp3) is 0.929. The maximum atomic E-state index is 11.5. The van der Waals surface area contributed by atoms with Gasteiger partial charge in [0.05, 0.1) is 0 Å². The summed E-state index contributed by atoms with van der Waals surface area (Å²) in [6, 6.07) is 0. The van der Waals surface area contributed by atoms with Gasteiger partial charge in [-0.25, -0.2) is 0 Å². The molecule has 106 valence electrons. The van der Waals surface area contributed by atoms with Crippen molar-refractivity contribution >= 4 is 17.7 Å². The van der Waals surface area contributed by atoms with Crippen LogP contribution < -0.4 is 5.32 Å². The van der Waals surface area contributed by atoms with Crippen molar-refractivity contribution in [3.63, 3.8) is 0 Å². The first kappa shape index (κ1) is 15.8. The van der Waals surface area contributed by atoms with E-state index in [0.29, 0.717) is 5.92 Å². The van der Waals surface area contributed by atoms with Crippen LogP contribution in [0.5, 0.6) is 0 Å². The minimum Gasteiger partial charge on any atom is -0.480 e. The highest BCUT2D eigenvalue weighted by molar-refractivity contribution is 7.99. The van der Waals surface area contributed by atoms with Crippen LogP contribution in [0.25, 0.3) is 0 Å². The Kier molecular flexibility index (Phi) is 6.50. The molecule has 0 amide bonds. The van der Waals surface area contributed by atoms with Gasteiger partial charge in [-0.2, -0.15) is 11.8 Å². The Labute approximate surface area is 115 Å². The number of nitrogens with one attached hydrogen (secondary N) is 1. The number of hydrogen-bond donors (Lipinski definition) is 2. The van der Waals surface area contributed by atoms with Crippen molar-refractivity contribution in [3.05, 3.63) is 0 Å². The Morgan fingerprint density at radius 3 is 2.78 bits per heavy atom. The first-order valence-electron chi connectivity index (χ1n) is 7.03. The molecular weight excluding hydrogens is 246 g/mol. The summed E-state index contributed by atoms with van der Waals surface area (Å²) in [5.41, 5.74) is -0.654. The zero-order chi connectivity index (χ0) is 13.6. The molecule has 1 saturated carbocycles. The maximum Gasteiger partial charge on any atom is 0.324 e. The minimum absolute atomic E-state index is 0.298. The maximum absolute atomic E-state index is 11.5. The Morgan fingerprint density at radius 1 is 1.50 bits per heavy atom. The lowest BCUT2D eigenvalue weighted by Crippen LogP contribution is -2.53. The highest BCUT2D eigenvalue weighted by atomic mass is 32.2. The van der Waals surface area contributed by atoms with Crippen LogP contribution in [0.15, 0.2) is 0 Å². The van der Waals surface area contributed by atoms with E-state index in [-0.39, 0.29) is 0 Å². The van der Waals surface area contributed by atoms with Gasteiger partial charge in [0.15, 0.2) is 0 Å². The summed E-state index contributed by atoms with van der Waals surface area (Å²) < 4.78 is 0. The molecule has 1 aliphatic carbocycles. The van der Waals surface area contributed by atoms with E-state index in [1.165, 1.54) is 12.2 Å². The molecule has 1 rings (SSSR count). The van der Waals surface area contributed by atoms with E-state index < -0.39 is 11.5 Å². The number of rotatable bonds is 8. The zero-order valence-corrected chi connectivity index (χ0v) is 12.7. The number of carbonyl (C=O) groups is 1. The SMILES string of the molecule is CNC1(C(=O)O)CCCC1CCSCCC(C)C. The van der Waals surface area contributed by atoms with Gasteiger partial charge < -0.3 is 10.4 Å². The number of likely N-dealkylation sites (N-methyl/N-ethyl adjacent to an activating group) is 1. The summed E-state index contributed by atoms with van der Waals surface area (Å²) in [6.07, 6.45) is 5.15. The van der Waals surface area contributed by atoms with Gasteiger partial charge in [-0.05, 0) is 56.1 Å². The van der Waals surface area contributed by atoms with Crippen molar-refractivity contribution < 1.29 is 9.90 Å². The molecule has 1 fully saturated rings. The first-order valence-corrected chi connectivity index (χ1v) is 8.18. The second-order valence-electron chi connectivity index (χ2n) is 5.70. The Hall–Kier alpha value is -0.220. The Balaban J connectivity index is 2.34. The molecule has 0 saturated heterocycles. The summed E-state index contributed by atoms with van der Waals surface area (Å²) in [5.74, 6) is 2.68. The molecule has 1 aliphatic rings. The van der Waals surface area contributed by atoms with Crippen molar-refractivity contribution in [2.45, 2.75) is 51.5 Å². The lowest BCUT2D eigenvalue weighted by Gasteiger charge is -2.31. The van der Waals surface area contributed by atoms with E-state index in [9.17, 15) is 9.90 Å². The van der Waals surface area contributed by atoms with E-state index >= 15 is 0 Å². The number of carboxylic acids is 1. The van der Waals surface area contributed by atoms with Crippen LogP contribution in [-0.2, 0) is 4.79 Å². The van der Waals surface area contributed by atoms with Gasteiger partial charge >= 0.3 is 5.97 Å². The number of aliphatic carboxylic acids is 1. The summed E-state index contributed by atoms with van der Waals surface area (Å²) in [7, 11) is 1.79. The molecule has 18 heavy (non-hydrogen) atoms. The monoisotopic (exact) mass is 273 g/mol. The third kappa shape index (κ3) is 3.89. The molecule has 3 nitrogen and oxygen atoms in total. The molecule has 0 aromatic rings. The molecule has 0 radical (unpaired) electrons. The van der Waals surface area contributed by atoms with Crippen LogP contribution in [0.1, 0.15) is 46.0 Å². The van der Waals surface area contributed by atoms with Crippen LogP contribution in [0, 0.1) is 11.8 Å². The van der Waals surface area contributed by atoms with Crippen molar-refractivity contribution in [3.8, 4) is 0 Å². The zero-order valence-electron chi connectivity index (χ0n) is 11.9. The number of carboxylic acid groups (broad SMARTS) is 1. The van der Waals surface area contributed by atoms with Gasteiger partial charge in [-0.1, -0.05) is 20.3 Å². The van der Waals surface area contributed by atoms with Crippen molar-refractivity contribution in [1.29, 1.82) is 0 Å². The number of hydrogen-bond acceptors (Lipinski definition) is 3. The standard InChI is InChI=1S/C14H27NO2S/c1-11(2)6-9-18-10-7-12-5-4-8-14(12,15-3)13(16)17/h11-12,15H,4-10H2,1-3H3,(H,16,17). The second-order valence-corrected chi connectivity index (χ2v) is 6.92. The quantitative estimate of drug-likeness (QED) is 0.668. The molecule has 2 unspecified atom stereocenters. The van der Waals surface area contributed by atoms with Crippen molar-refractivity contribution in [2.75, 3.05) is 18.6 Å². The molecule has 4 heteroatoms. The van der Waals surface area contributed by atoms with Crippen LogP contribution in [-0.4, -0.2) is 35.2 Å². The van der Waals surface area contributed by atoms with E-state index in [4.69, 9.17) is 0 Å².